The minimum absolute atomic E-state index is 0. The lowest BCUT2D eigenvalue weighted by Gasteiger charge is -2.27. The Kier molecular flexibility index (Phi) is 6.69. The van der Waals surface area contributed by atoms with Crippen LogP contribution in [0.15, 0.2) is 109 Å². The molecule has 0 N–H and O–H groups in total. The highest BCUT2D eigenvalue weighted by Crippen LogP contribution is 2.54. The third-order valence-electron chi connectivity index (χ3n) is 5.13. The van der Waals surface area contributed by atoms with Gasteiger partial charge in [-0.1, -0.05) is 71.8 Å². The van der Waals surface area contributed by atoms with E-state index < -0.39 is 7.26 Å². The average Bonchev–Trinajstić information content (AvgIpc) is 2.73. The smallest absolute Gasteiger partial charge is 0.144 e. The number of aryl methyl sites for hydroxylation is 2. The van der Waals surface area contributed by atoms with Crippen molar-refractivity contribution in [2.24, 2.45) is 0 Å². The van der Waals surface area contributed by atoms with Gasteiger partial charge >= 0.3 is 0 Å². The molecule has 0 aromatic heterocycles. The number of benzene rings is 4. The molecule has 0 aliphatic rings. The Morgan fingerprint density at radius 3 is 1.00 bits per heavy atom. The average molecular weight is 494 g/mol. The van der Waals surface area contributed by atoms with Crippen molar-refractivity contribution in [2.45, 2.75) is 13.8 Å². The lowest BCUT2D eigenvalue weighted by atomic mass is 10.2. The van der Waals surface area contributed by atoms with E-state index in [1.54, 1.807) is 0 Å². The molecule has 0 atom stereocenters. The summed E-state index contributed by atoms with van der Waals surface area (Å²) in [5, 5.41) is 5.58. The maximum atomic E-state index is 2.32. The zero-order valence-electron chi connectivity index (χ0n) is 16.2. The van der Waals surface area contributed by atoms with Gasteiger partial charge in [-0.05, 0) is 62.4 Å². The van der Waals surface area contributed by atoms with Gasteiger partial charge in [-0.25, -0.2) is 0 Å². The van der Waals surface area contributed by atoms with Crippen molar-refractivity contribution < 1.29 is 24.0 Å². The summed E-state index contributed by atoms with van der Waals surface area (Å²) in [6, 6.07) is 40.3. The molecule has 2 heteroatoms. The predicted molar refractivity (Wildman–Crippen MR) is 121 cm³/mol. The highest BCUT2D eigenvalue weighted by Gasteiger charge is 2.47. The highest BCUT2D eigenvalue weighted by molar-refractivity contribution is 8.01. The van der Waals surface area contributed by atoms with Crippen molar-refractivity contribution in [3.8, 4) is 0 Å². The van der Waals surface area contributed by atoms with Gasteiger partial charge in [0.25, 0.3) is 0 Å². The second-order valence-corrected chi connectivity index (χ2v) is 10.4. The van der Waals surface area contributed by atoms with Gasteiger partial charge in [-0.3, -0.25) is 0 Å². The van der Waals surface area contributed by atoms with Crippen molar-refractivity contribution in [1.82, 2.24) is 0 Å². The molecule has 0 heterocycles. The zero-order valence-corrected chi connectivity index (χ0v) is 19.3. The molecular weight excluding hydrogens is 470 g/mol. The van der Waals surface area contributed by atoms with Crippen LogP contribution < -0.4 is 45.2 Å². The van der Waals surface area contributed by atoms with Crippen LogP contribution in [0.25, 0.3) is 0 Å². The highest BCUT2D eigenvalue weighted by atomic mass is 127. The van der Waals surface area contributed by atoms with Crippen molar-refractivity contribution in [2.75, 3.05) is 0 Å². The third kappa shape index (κ3) is 3.79. The van der Waals surface area contributed by atoms with Gasteiger partial charge in [0, 0.05) is 0 Å². The van der Waals surface area contributed by atoms with Gasteiger partial charge in [0.2, 0.25) is 0 Å². The standard InChI is InChI=1S/C26H24P.HI/c1-21-13-17-25(18-14-21)27(23-9-5-3-6-10-23,24-11-7-4-8-12-24)26-19-15-22(2)16-20-26;/h3-20H,1-2H3;1H/q+1;/p-1. The topological polar surface area (TPSA) is 0 Å². The molecule has 0 aliphatic carbocycles. The Morgan fingerprint density at radius 2 is 0.679 bits per heavy atom. The van der Waals surface area contributed by atoms with E-state index in [0.29, 0.717) is 0 Å². The Morgan fingerprint density at radius 1 is 0.393 bits per heavy atom. The number of rotatable bonds is 4. The molecule has 4 rings (SSSR count). The predicted octanol–water partition coefficient (Wildman–Crippen LogP) is 1.93. The molecule has 0 radical (unpaired) electrons. The van der Waals surface area contributed by atoms with Crippen LogP contribution >= 0.6 is 7.26 Å². The Balaban J connectivity index is 0.00000225. The van der Waals surface area contributed by atoms with Crippen LogP contribution in [0.5, 0.6) is 0 Å². The van der Waals surface area contributed by atoms with E-state index >= 15 is 0 Å². The van der Waals surface area contributed by atoms with Gasteiger partial charge in [0.1, 0.15) is 28.5 Å². The fraction of sp³-hybridized carbons (Fsp3) is 0.0769. The first-order valence-corrected chi connectivity index (χ1v) is 11.1. The monoisotopic (exact) mass is 494 g/mol. The quantitative estimate of drug-likeness (QED) is 0.301. The molecule has 0 spiro atoms. The third-order valence-corrected chi connectivity index (χ3v) is 9.42. The second-order valence-electron chi connectivity index (χ2n) is 7.01. The van der Waals surface area contributed by atoms with E-state index in [1.807, 2.05) is 0 Å². The lowest BCUT2D eigenvalue weighted by molar-refractivity contribution is -0.00000532. The molecule has 0 nitrogen and oxygen atoms in total. The van der Waals surface area contributed by atoms with Gasteiger partial charge in [0.15, 0.2) is 0 Å². The molecule has 28 heavy (non-hydrogen) atoms. The minimum Gasteiger partial charge on any atom is -1.00 e. The van der Waals surface area contributed by atoms with E-state index in [2.05, 4.69) is 123 Å². The van der Waals surface area contributed by atoms with E-state index in [-0.39, 0.29) is 24.0 Å². The number of hydrogen-bond donors (Lipinski definition) is 0. The molecule has 4 aromatic carbocycles. The summed E-state index contributed by atoms with van der Waals surface area (Å²) in [5.41, 5.74) is 2.59. The van der Waals surface area contributed by atoms with Crippen LogP contribution in [0, 0.1) is 13.8 Å². The first kappa shape index (κ1) is 20.8. The van der Waals surface area contributed by atoms with E-state index in [4.69, 9.17) is 0 Å². The van der Waals surface area contributed by atoms with Gasteiger partial charge in [-0.15, -0.1) is 0 Å². The first-order chi connectivity index (χ1) is 13.2. The molecular formula is C26H24IP. The summed E-state index contributed by atoms with van der Waals surface area (Å²) >= 11 is 0. The van der Waals surface area contributed by atoms with Crippen LogP contribution in [0.4, 0.5) is 0 Å². The summed E-state index contributed by atoms with van der Waals surface area (Å²) < 4.78 is 0. The maximum Gasteiger partial charge on any atom is 0.144 e. The molecule has 0 aliphatic heterocycles. The number of hydrogen-bond acceptors (Lipinski definition) is 0. The fourth-order valence-corrected chi connectivity index (χ4v) is 7.95. The Bertz CT molecular complexity index is 920. The van der Waals surface area contributed by atoms with E-state index in [0.717, 1.165) is 0 Å². The van der Waals surface area contributed by atoms with E-state index in [9.17, 15) is 0 Å². The van der Waals surface area contributed by atoms with Gasteiger partial charge in [-0.2, -0.15) is 0 Å². The molecule has 140 valence electrons. The molecule has 4 aromatic rings. The second kappa shape index (κ2) is 9.03. The van der Waals surface area contributed by atoms with Crippen molar-refractivity contribution in [1.29, 1.82) is 0 Å². The molecule has 0 saturated carbocycles. The normalized spacial score (nSPS) is 10.9. The minimum atomic E-state index is -1.95. The van der Waals surface area contributed by atoms with Gasteiger partial charge in [0.05, 0.1) is 0 Å². The van der Waals surface area contributed by atoms with Crippen LogP contribution in [-0.4, -0.2) is 0 Å². The summed E-state index contributed by atoms with van der Waals surface area (Å²) in [7, 11) is -1.95. The van der Waals surface area contributed by atoms with Crippen LogP contribution in [-0.2, 0) is 0 Å². The van der Waals surface area contributed by atoms with Crippen LogP contribution in [0.2, 0.25) is 0 Å². The maximum absolute atomic E-state index is 2.32. The van der Waals surface area contributed by atoms with E-state index in [1.165, 1.54) is 32.3 Å². The number of halogens is 1. The van der Waals surface area contributed by atoms with Crippen LogP contribution in [0.1, 0.15) is 11.1 Å². The molecule has 0 bridgehead atoms. The summed E-state index contributed by atoms with van der Waals surface area (Å²) in [5.74, 6) is 0. The Labute approximate surface area is 186 Å². The van der Waals surface area contributed by atoms with Gasteiger partial charge < -0.3 is 24.0 Å². The van der Waals surface area contributed by atoms with Crippen molar-refractivity contribution in [3.63, 3.8) is 0 Å². The Hall–Kier alpha value is -1.96. The van der Waals surface area contributed by atoms with Crippen molar-refractivity contribution >= 4 is 28.5 Å². The van der Waals surface area contributed by atoms with Crippen LogP contribution in [0.3, 0.4) is 0 Å². The largest absolute Gasteiger partial charge is 1.00 e. The summed E-state index contributed by atoms with van der Waals surface area (Å²) in [6.07, 6.45) is 0. The molecule has 0 fully saturated rings. The van der Waals surface area contributed by atoms with Crippen molar-refractivity contribution in [3.05, 3.63) is 120 Å². The zero-order chi connectivity index (χ0) is 18.7. The SMILES string of the molecule is Cc1ccc([P+](c2ccccc2)(c2ccccc2)c2ccc(C)cc2)cc1.[I-]. The fourth-order valence-electron chi connectivity index (χ4n) is 3.73. The summed E-state index contributed by atoms with van der Waals surface area (Å²) in [6.45, 7) is 4.31. The lowest BCUT2D eigenvalue weighted by Crippen LogP contribution is -3.00. The summed E-state index contributed by atoms with van der Waals surface area (Å²) in [4.78, 5) is 0. The molecule has 0 saturated heterocycles. The first-order valence-electron chi connectivity index (χ1n) is 9.36. The molecule has 0 amide bonds. The molecule has 0 unspecified atom stereocenters.